The number of hydrogen-bond donors (Lipinski definition) is 2. The number of nitrogens with zero attached hydrogens (tertiary/aromatic N) is 1. The Hall–Kier alpha value is -1.36. The van der Waals surface area contributed by atoms with Gasteiger partial charge in [0, 0.05) is 6.92 Å². The highest BCUT2D eigenvalue weighted by Crippen LogP contribution is 2.08. The van der Waals surface area contributed by atoms with Crippen LogP contribution in [0.2, 0.25) is 0 Å². The molecule has 0 saturated carbocycles. The lowest BCUT2D eigenvalue weighted by Crippen LogP contribution is -2.19. The Morgan fingerprint density at radius 2 is 2.38 bits per heavy atom. The second kappa shape index (κ2) is 4.04. The van der Waals surface area contributed by atoms with Crippen LogP contribution in [0.4, 0.5) is 0 Å². The summed E-state index contributed by atoms with van der Waals surface area (Å²) in [5, 5.41) is 2.59. The molecule has 5 nitrogen and oxygen atoms in total. The van der Waals surface area contributed by atoms with E-state index in [-0.39, 0.29) is 5.91 Å². The zero-order valence-electron chi connectivity index (χ0n) is 7.76. The van der Waals surface area contributed by atoms with E-state index in [0.717, 1.165) is 5.69 Å². The van der Waals surface area contributed by atoms with Gasteiger partial charge in [0.25, 0.3) is 0 Å². The molecule has 13 heavy (non-hydrogen) atoms. The Balaban J connectivity index is 2.62. The molecule has 1 rings (SSSR count). The molecule has 0 aliphatic heterocycles. The summed E-state index contributed by atoms with van der Waals surface area (Å²) in [4.78, 5) is 14.7. The second-order valence-corrected chi connectivity index (χ2v) is 2.73. The maximum Gasteiger partial charge on any atom is 0.217 e. The summed E-state index contributed by atoms with van der Waals surface area (Å²) in [6.07, 6.45) is 0. The predicted molar refractivity (Wildman–Crippen MR) is 46.7 cm³/mol. The van der Waals surface area contributed by atoms with Crippen molar-refractivity contribution in [3.05, 3.63) is 17.3 Å². The van der Waals surface area contributed by atoms with Crippen LogP contribution < -0.4 is 11.1 Å². The van der Waals surface area contributed by atoms with Gasteiger partial charge in [-0.15, -0.1) is 0 Å². The third-order valence-corrected chi connectivity index (χ3v) is 1.61. The number of hydrogen-bond acceptors (Lipinski definition) is 4. The topological polar surface area (TPSA) is 81.2 Å². The number of nitrogens with one attached hydrogen (secondary N) is 1. The van der Waals surface area contributed by atoms with E-state index in [2.05, 4.69) is 10.3 Å². The van der Waals surface area contributed by atoms with E-state index >= 15 is 0 Å². The fourth-order valence-electron chi connectivity index (χ4n) is 0.953. The lowest BCUT2D eigenvalue weighted by Gasteiger charge is -1.95. The number of carbonyl (C=O) groups is 1. The van der Waals surface area contributed by atoms with Crippen LogP contribution in [0.3, 0.4) is 0 Å². The molecule has 72 valence electrons. The minimum Gasteiger partial charge on any atom is -0.442 e. The van der Waals surface area contributed by atoms with Crippen molar-refractivity contribution in [3.63, 3.8) is 0 Å². The number of aryl methyl sites for hydroxylation is 1. The Labute approximate surface area is 76.3 Å². The van der Waals surface area contributed by atoms with Crippen LogP contribution in [0.15, 0.2) is 4.42 Å². The lowest BCUT2D eigenvalue weighted by molar-refractivity contribution is -0.119. The minimum atomic E-state index is -0.106. The van der Waals surface area contributed by atoms with Crippen LogP contribution in [0, 0.1) is 6.92 Å². The molecule has 5 heteroatoms. The molecular weight excluding hydrogens is 170 g/mol. The van der Waals surface area contributed by atoms with Gasteiger partial charge in [-0.25, -0.2) is 4.98 Å². The monoisotopic (exact) mass is 183 g/mol. The summed E-state index contributed by atoms with van der Waals surface area (Å²) in [6, 6.07) is 0. The van der Waals surface area contributed by atoms with Gasteiger partial charge in [-0.05, 0) is 6.92 Å². The van der Waals surface area contributed by atoms with Gasteiger partial charge in [0.15, 0.2) is 0 Å². The number of rotatable bonds is 3. The average Bonchev–Trinajstić information content (AvgIpc) is 2.43. The van der Waals surface area contributed by atoms with E-state index in [1.54, 1.807) is 0 Å². The molecule has 0 atom stereocenters. The first-order chi connectivity index (χ1) is 6.13. The third-order valence-electron chi connectivity index (χ3n) is 1.61. The van der Waals surface area contributed by atoms with Gasteiger partial charge in [-0.1, -0.05) is 0 Å². The van der Waals surface area contributed by atoms with Gasteiger partial charge < -0.3 is 15.5 Å². The third kappa shape index (κ3) is 2.55. The molecule has 0 saturated heterocycles. The Morgan fingerprint density at radius 1 is 1.69 bits per heavy atom. The fourth-order valence-corrected chi connectivity index (χ4v) is 0.953. The molecule has 0 aliphatic carbocycles. The molecule has 0 aromatic carbocycles. The maximum absolute atomic E-state index is 10.6. The van der Waals surface area contributed by atoms with Crippen LogP contribution in [-0.2, 0) is 17.9 Å². The molecule has 1 aromatic rings. The molecule has 0 aliphatic rings. The van der Waals surface area contributed by atoms with E-state index in [1.807, 2.05) is 6.92 Å². The predicted octanol–water partition coefficient (Wildman–Crippen LogP) is 0.0778. The molecule has 0 radical (unpaired) electrons. The summed E-state index contributed by atoms with van der Waals surface area (Å²) in [5.41, 5.74) is 6.18. The highest BCUT2D eigenvalue weighted by atomic mass is 16.4. The molecule has 0 unspecified atom stereocenters. The van der Waals surface area contributed by atoms with Crippen LogP contribution in [0.5, 0.6) is 0 Å². The quantitative estimate of drug-likeness (QED) is 0.695. The van der Waals surface area contributed by atoms with Gasteiger partial charge in [-0.2, -0.15) is 0 Å². The van der Waals surface area contributed by atoms with Crippen molar-refractivity contribution in [2.75, 3.05) is 0 Å². The Kier molecular flexibility index (Phi) is 3.02. The number of oxazole rings is 1. The molecular formula is C8H13N3O2. The second-order valence-electron chi connectivity index (χ2n) is 2.73. The van der Waals surface area contributed by atoms with Crippen molar-refractivity contribution in [1.82, 2.24) is 10.3 Å². The van der Waals surface area contributed by atoms with Gasteiger partial charge in [0.2, 0.25) is 11.8 Å². The molecule has 1 aromatic heterocycles. The van der Waals surface area contributed by atoms with Gasteiger partial charge in [-0.3, -0.25) is 4.79 Å². The van der Waals surface area contributed by atoms with Crippen LogP contribution in [0.1, 0.15) is 24.3 Å². The summed E-state index contributed by atoms with van der Waals surface area (Å²) in [7, 11) is 0. The normalized spacial score (nSPS) is 10.1. The van der Waals surface area contributed by atoms with Crippen molar-refractivity contribution in [2.45, 2.75) is 26.9 Å². The van der Waals surface area contributed by atoms with E-state index < -0.39 is 0 Å². The summed E-state index contributed by atoms with van der Waals surface area (Å²) in [5.74, 6) is 1.05. The number of nitrogens with two attached hydrogens (primary N) is 1. The van der Waals surface area contributed by atoms with E-state index in [9.17, 15) is 4.79 Å². The lowest BCUT2D eigenvalue weighted by atomic mass is 10.4. The largest absolute Gasteiger partial charge is 0.442 e. The van der Waals surface area contributed by atoms with Gasteiger partial charge >= 0.3 is 0 Å². The highest BCUT2D eigenvalue weighted by Gasteiger charge is 2.07. The summed E-state index contributed by atoms with van der Waals surface area (Å²) < 4.78 is 5.26. The standard InChI is InChI=1S/C8H13N3O2/c1-5-7(3-9)13-8(11-5)4-10-6(2)12/h3-4,9H2,1-2H3,(H,10,12). The van der Waals surface area contributed by atoms with Gasteiger partial charge in [0.1, 0.15) is 5.76 Å². The highest BCUT2D eigenvalue weighted by molar-refractivity contribution is 5.72. The Bertz CT molecular complexity index is 306. The zero-order valence-corrected chi connectivity index (χ0v) is 7.76. The minimum absolute atomic E-state index is 0.106. The summed E-state index contributed by atoms with van der Waals surface area (Å²) >= 11 is 0. The van der Waals surface area contributed by atoms with Crippen molar-refractivity contribution in [2.24, 2.45) is 5.73 Å². The molecule has 0 bridgehead atoms. The maximum atomic E-state index is 10.6. The summed E-state index contributed by atoms with van der Waals surface area (Å²) in [6.45, 7) is 3.91. The van der Waals surface area contributed by atoms with Crippen LogP contribution >= 0.6 is 0 Å². The number of aromatic nitrogens is 1. The Morgan fingerprint density at radius 3 is 2.85 bits per heavy atom. The molecule has 1 heterocycles. The number of amides is 1. The first-order valence-electron chi connectivity index (χ1n) is 4.03. The van der Waals surface area contributed by atoms with Crippen molar-refractivity contribution in [3.8, 4) is 0 Å². The zero-order chi connectivity index (χ0) is 9.84. The molecule has 0 spiro atoms. The molecule has 0 fully saturated rings. The van der Waals surface area contributed by atoms with Gasteiger partial charge in [0.05, 0.1) is 18.8 Å². The van der Waals surface area contributed by atoms with E-state index in [0.29, 0.717) is 24.7 Å². The fraction of sp³-hybridized carbons (Fsp3) is 0.500. The van der Waals surface area contributed by atoms with Crippen molar-refractivity contribution < 1.29 is 9.21 Å². The number of carbonyl (C=O) groups excluding carboxylic acids is 1. The molecule has 3 N–H and O–H groups in total. The van der Waals surface area contributed by atoms with Crippen molar-refractivity contribution >= 4 is 5.91 Å². The van der Waals surface area contributed by atoms with Crippen LogP contribution in [0.25, 0.3) is 0 Å². The average molecular weight is 183 g/mol. The molecule has 1 amide bonds. The van der Waals surface area contributed by atoms with E-state index in [1.165, 1.54) is 6.92 Å². The smallest absolute Gasteiger partial charge is 0.217 e. The van der Waals surface area contributed by atoms with E-state index in [4.69, 9.17) is 10.2 Å². The van der Waals surface area contributed by atoms with Crippen molar-refractivity contribution in [1.29, 1.82) is 0 Å². The first kappa shape index (κ1) is 9.73. The van der Waals surface area contributed by atoms with Crippen LogP contribution in [-0.4, -0.2) is 10.9 Å². The SMILES string of the molecule is CC(=O)NCc1nc(C)c(CN)o1. The first-order valence-corrected chi connectivity index (χ1v) is 4.03.